The lowest BCUT2D eigenvalue weighted by atomic mass is 9.89. The Morgan fingerprint density at radius 3 is 2.59 bits per heavy atom. The molecule has 3 fully saturated rings. The third-order valence-corrected chi connectivity index (χ3v) is 7.46. The molecule has 1 unspecified atom stereocenters. The largest absolute Gasteiger partial charge is 0.486 e. The van der Waals surface area contributed by atoms with Gasteiger partial charge in [0.05, 0.1) is 0 Å². The number of aryl methyl sites for hydroxylation is 1. The number of carbonyl (C=O) groups is 1. The maximum atomic E-state index is 12.2. The summed E-state index contributed by atoms with van der Waals surface area (Å²) >= 11 is 0. The Kier molecular flexibility index (Phi) is 4.85. The highest BCUT2D eigenvalue weighted by Gasteiger charge is 2.45. The summed E-state index contributed by atoms with van der Waals surface area (Å²) in [4.78, 5) is 20.8. The van der Waals surface area contributed by atoms with Gasteiger partial charge in [-0.25, -0.2) is 4.79 Å². The first-order valence-corrected chi connectivity index (χ1v) is 11.3. The van der Waals surface area contributed by atoms with Crippen molar-refractivity contribution in [3.05, 3.63) is 23.8 Å². The maximum absolute atomic E-state index is 12.2. The average Bonchev–Trinajstić information content (AvgIpc) is 3.08. The minimum absolute atomic E-state index is 0.0439. The average molecular weight is 399 g/mol. The quantitative estimate of drug-likeness (QED) is 0.768. The van der Waals surface area contributed by atoms with Crippen LogP contribution in [0.25, 0.3) is 0 Å². The normalized spacial score (nSPS) is 27.5. The second kappa shape index (κ2) is 7.38. The van der Waals surface area contributed by atoms with Crippen molar-refractivity contribution in [2.24, 2.45) is 0 Å². The molecule has 1 aromatic rings. The van der Waals surface area contributed by atoms with E-state index in [1.54, 1.807) is 4.90 Å². The first-order chi connectivity index (χ1) is 14.0. The molecule has 3 aliphatic heterocycles. The van der Waals surface area contributed by atoms with Gasteiger partial charge in [-0.3, -0.25) is 4.90 Å². The van der Waals surface area contributed by atoms with Crippen LogP contribution in [0.5, 0.6) is 5.75 Å². The van der Waals surface area contributed by atoms with Gasteiger partial charge in [-0.15, -0.1) is 0 Å². The lowest BCUT2D eigenvalue weighted by Crippen LogP contribution is -2.51. The number of urea groups is 1. The number of benzene rings is 1. The summed E-state index contributed by atoms with van der Waals surface area (Å²) in [6, 6.07) is 7.65. The Hall–Kier alpha value is -1.95. The molecule has 0 bridgehead atoms. The third kappa shape index (κ3) is 3.56. The van der Waals surface area contributed by atoms with Crippen molar-refractivity contribution >= 4 is 11.7 Å². The minimum Gasteiger partial charge on any atom is -0.486 e. The Labute approximate surface area is 174 Å². The summed E-state index contributed by atoms with van der Waals surface area (Å²) in [7, 11) is 3.64. The fourth-order valence-corrected chi connectivity index (χ4v) is 5.37. The highest BCUT2D eigenvalue weighted by atomic mass is 16.5. The molecule has 5 rings (SSSR count). The summed E-state index contributed by atoms with van der Waals surface area (Å²) in [6.45, 7) is 5.66. The van der Waals surface area contributed by atoms with Crippen molar-refractivity contribution in [3.63, 3.8) is 0 Å². The van der Waals surface area contributed by atoms with E-state index in [0.717, 1.165) is 57.4 Å². The molecule has 29 heavy (non-hydrogen) atoms. The first-order valence-electron chi connectivity index (χ1n) is 11.3. The van der Waals surface area contributed by atoms with Crippen LogP contribution in [0.1, 0.15) is 37.7 Å². The number of hydrogen-bond donors (Lipinski definition) is 0. The van der Waals surface area contributed by atoms with Crippen LogP contribution in [-0.4, -0.2) is 85.7 Å². The number of anilines is 1. The minimum atomic E-state index is 0.0439. The number of piperazine rings is 1. The zero-order chi connectivity index (χ0) is 20.0. The van der Waals surface area contributed by atoms with E-state index in [4.69, 9.17) is 4.74 Å². The predicted molar refractivity (Wildman–Crippen MR) is 115 cm³/mol. The van der Waals surface area contributed by atoms with Gasteiger partial charge in [0, 0.05) is 71.5 Å². The van der Waals surface area contributed by atoms with Crippen LogP contribution < -0.4 is 9.64 Å². The molecule has 1 atom stereocenters. The van der Waals surface area contributed by atoms with Crippen molar-refractivity contribution in [3.8, 4) is 5.75 Å². The van der Waals surface area contributed by atoms with Gasteiger partial charge in [0.15, 0.2) is 0 Å². The summed E-state index contributed by atoms with van der Waals surface area (Å²) in [5.41, 5.74) is 2.66. The van der Waals surface area contributed by atoms with Crippen molar-refractivity contribution < 1.29 is 9.53 Å². The highest BCUT2D eigenvalue weighted by molar-refractivity contribution is 5.74. The smallest absolute Gasteiger partial charge is 0.319 e. The van der Waals surface area contributed by atoms with E-state index < -0.39 is 0 Å². The number of carbonyl (C=O) groups excluding carboxylic acids is 1. The zero-order valence-corrected chi connectivity index (χ0v) is 17.9. The van der Waals surface area contributed by atoms with E-state index in [2.05, 4.69) is 28.0 Å². The number of hydrogen-bond acceptors (Lipinski definition) is 4. The van der Waals surface area contributed by atoms with E-state index >= 15 is 0 Å². The van der Waals surface area contributed by atoms with E-state index in [1.165, 1.54) is 43.5 Å². The van der Waals surface area contributed by atoms with Crippen LogP contribution in [0, 0.1) is 0 Å². The standard InChI is InChI=1S/C23H34N4O2/c1-24(2)22(28)26-14-12-25(13-15-26)20-6-7-21-18(16-20)8-9-23(29-21)10-11-27(17-23)19-4-3-5-19/h6-7,16,19H,3-5,8-15,17H2,1-2H3. The monoisotopic (exact) mass is 398 g/mol. The Balaban J connectivity index is 1.22. The molecule has 158 valence electrons. The molecule has 0 radical (unpaired) electrons. The second-order valence-corrected chi connectivity index (χ2v) is 9.53. The summed E-state index contributed by atoms with van der Waals surface area (Å²) in [5, 5.41) is 0. The van der Waals surface area contributed by atoms with E-state index in [0.29, 0.717) is 0 Å². The van der Waals surface area contributed by atoms with Crippen LogP contribution >= 0.6 is 0 Å². The van der Waals surface area contributed by atoms with Gasteiger partial charge in [-0.05, 0) is 49.4 Å². The molecular weight excluding hydrogens is 364 g/mol. The SMILES string of the molecule is CN(C)C(=O)N1CCN(c2ccc3c(c2)CCC2(CCN(C4CCC4)C2)O3)CC1. The molecule has 1 aromatic carbocycles. The van der Waals surface area contributed by atoms with Crippen LogP contribution in [0.4, 0.5) is 10.5 Å². The first kappa shape index (κ1) is 19.0. The number of rotatable bonds is 2. The molecule has 6 heteroatoms. The zero-order valence-electron chi connectivity index (χ0n) is 17.9. The van der Waals surface area contributed by atoms with E-state index in [9.17, 15) is 4.79 Å². The number of nitrogens with zero attached hydrogens (tertiary/aromatic N) is 4. The summed E-state index contributed by atoms with van der Waals surface area (Å²) in [6.07, 6.45) is 7.58. The molecular formula is C23H34N4O2. The molecule has 2 amide bonds. The van der Waals surface area contributed by atoms with E-state index in [1.807, 2.05) is 19.0 Å². The van der Waals surface area contributed by atoms with E-state index in [-0.39, 0.29) is 11.6 Å². The Bertz CT molecular complexity index is 770. The van der Waals surface area contributed by atoms with Gasteiger partial charge in [-0.2, -0.15) is 0 Å². The molecule has 1 spiro atoms. The van der Waals surface area contributed by atoms with Crippen molar-refractivity contribution in [1.29, 1.82) is 0 Å². The molecule has 4 aliphatic rings. The Morgan fingerprint density at radius 1 is 1.10 bits per heavy atom. The number of amides is 2. The highest BCUT2D eigenvalue weighted by Crippen LogP contribution is 2.42. The maximum Gasteiger partial charge on any atom is 0.319 e. The predicted octanol–water partition coefficient (Wildman–Crippen LogP) is 2.81. The van der Waals surface area contributed by atoms with Gasteiger partial charge in [-0.1, -0.05) is 6.42 Å². The lowest BCUT2D eigenvalue weighted by molar-refractivity contribution is 0.0413. The number of ether oxygens (including phenoxy) is 1. The second-order valence-electron chi connectivity index (χ2n) is 9.53. The van der Waals surface area contributed by atoms with Crippen molar-refractivity contribution in [2.75, 3.05) is 58.3 Å². The fourth-order valence-electron chi connectivity index (χ4n) is 5.37. The van der Waals surface area contributed by atoms with Crippen LogP contribution in [0.3, 0.4) is 0 Å². The lowest BCUT2D eigenvalue weighted by Gasteiger charge is -2.40. The molecule has 1 aliphatic carbocycles. The Morgan fingerprint density at radius 2 is 1.90 bits per heavy atom. The molecule has 2 saturated heterocycles. The molecule has 1 saturated carbocycles. The van der Waals surface area contributed by atoms with Crippen LogP contribution in [-0.2, 0) is 6.42 Å². The molecule has 0 aromatic heterocycles. The van der Waals surface area contributed by atoms with Gasteiger partial charge in [0.1, 0.15) is 11.4 Å². The van der Waals surface area contributed by atoms with Crippen LogP contribution in [0.2, 0.25) is 0 Å². The fraction of sp³-hybridized carbons (Fsp3) is 0.696. The van der Waals surface area contributed by atoms with Crippen molar-refractivity contribution in [2.45, 2.75) is 50.2 Å². The molecule has 3 heterocycles. The van der Waals surface area contributed by atoms with Gasteiger partial charge < -0.3 is 19.4 Å². The van der Waals surface area contributed by atoms with Crippen LogP contribution in [0.15, 0.2) is 18.2 Å². The summed E-state index contributed by atoms with van der Waals surface area (Å²) < 4.78 is 6.63. The van der Waals surface area contributed by atoms with Gasteiger partial charge >= 0.3 is 6.03 Å². The number of fused-ring (bicyclic) bond motifs is 1. The molecule has 0 N–H and O–H groups in total. The van der Waals surface area contributed by atoms with Gasteiger partial charge in [0.25, 0.3) is 0 Å². The third-order valence-electron chi connectivity index (χ3n) is 7.46. The molecule has 6 nitrogen and oxygen atoms in total. The summed E-state index contributed by atoms with van der Waals surface area (Å²) in [5.74, 6) is 1.09. The topological polar surface area (TPSA) is 39.3 Å². The van der Waals surface area contributed by atoms with Crippen molar-refractivity contribution in [1.82, 2.24) is 14.7 Å². The van der Waals surface area contributed by atoms with Gasteiger partial charge in [0.2, 0.25) is 0 Å². The number of likely N-dealkylation sites (tertiary alicyclic amines) is 1.